The second-order valence-corrected chi connectivity index (χ2v) is 4.63. The minimum atomic E-state index is -0.701. The number of nitrogens with zero attached hydrogens (tertiary/aromatic N) is 2. The molecule has 0 aromatic carbocycles. The van der Waals surface area contributed by atoms with E-state index >= 15 is 0 Å². The van der Waals surface area contributed by atoms with Crippen molar-refractivity contribution in [1.29, 1.82) is 0 Å². The first-order valence-corrected chi connectivity index (χ1v) is 6.01. The average molecular weight is 268 g/mol. The number of hydrogen-bond acceptors (Lipinski definition) is 7. The van der Waals surface area contributed by atoms with Crippen molar-refractivity contribution in [3.05, 3.63) is 17.1 Å². The molecule has 5 N–H and O–H groups in total. The predicted octanol–water partition coefficient (Wildman–Crippen LogP) is -0.644. The SMILES string of the molecule is Nc1c(C(=O)NC(CO)CO)sc2nnccc12. The summed E-state index contributed by atoms with van der Waals surface area (Å²) in [5, 5.41) is 28.5. The molecule has 2 aromatic rings. The molecule has 2 aromatic heterocycles. The smallest absolute Gasteiger partial charge is 0.263 e. The maximum atomic E-state index is 11.9. The Morgan fingerprint density at radius 3 is 2.83 bits per heavy atom. The summed E-state index contributed by atoms with van der Waals surface area (Å²) in [4.78, 5) is 12.8. The molecular weight excluding hydrogens is 256 g/mol. The summed E-state index contributed by atoms with van der Waals surface area (Å²) in [6.45, 7) is -0.681. The molecule has 2 rings (SSSR count). The van der Waals surface area contributed by atoms with Gasteiger partial charge in [-0.1, -0.05) is 0 Å². The summed E-state index contributed by atoms with van der Waals surface area (Å²) in [5.41, 5.74) is 6.19. The third kappa shape index (κ3) is 2.26. The van der Waals surface area contributed by atoms with Gasteiger partial charge in [-0.05, 0) is 6.07 Å². The van der Waals surface area contributed by atoms with Crippen LogP contribution in [0.5, 0.6) is 0 Å². The first-order chi connectivity index (χ1) is 8.67. The molecule has 2 heterocycles. The monoisotopic (exact) mass is 268 g/mol. The molecule has 0 aliphatic carbocycles. The number of carbonyl (C=O) groups is 1. The molecule has 96 valence electrons. The van der Waals surface area contributed by atoms with Crippen LogP contribution in [0.15, 0.2) is 12.3 Å². The predicted molar refractivity (Wildman–Crippen MR) is 67.3 cm³/mol. The molecule has 0 bridgehead atoms. The number of aliphatic hydroxyl groups excluding tert-OH is 2. The van der Waals surface area contributed by atoms with E-state index in [1.54, 1.807) is 6.07 Å². The van der Waals surface area contributed by atoms with E-state index in [0.717, 1.165) is 11.3 Å². The van der Waals surface area contributed by atoms with Crippen LogP contribution in [0.2, 0.25) is 0 Å². The average Bonchev–Trinajstić information content (AvgIpc) is 2.74. The number of hydrogen-bond donors (Lipinski definition) is 4. The molecule has 0 saturated carbocycles. The van der Waals surface area contributed by atoms with E-state index in [9.17, 15) is 4.79 Å². The summed E-state index contributed by atoms with van der Waals surface area (Å²) >= 11 is 1.12. The van der Waals surface area contributed by atoms with Crippen molar-refractivity contribution in [1.82, 2.24) is 15.5 Å². The summed E-state index contributed by atoms with van der Waals surface area (Å²) in [6, 6.07) is 0.980. The van der Waals surface area contributed by atoms with E-state index in [1.807, 2.05) is 0 Å². The second-order valence-electron chi connectivity index (χ2n) is 3.63. The highest BCUT2D eigenvalue weighted by Crippen LogP contribution is 2.31. The van der Waals surface area contributed by atoms with Gasteiger partial charge >= 0.3 is 0 Å². The fourth-order valence-electron chi connectivity index (χ4n) is 1.44. The Morgan fingerprint density at radius 1 is 1.50 bits per heavy atom. The zero-order chi connectivity index (χ0) is 13.1. The Labute approximate surface area is 106 Å². The van der Waals surface area contributed by atoms with Crippen molar-refractivity contribution in [2.45, 2.75) is 6.04 Å². The van der Waals surface area contributed by atoms with Crippen LogP contribution in [-0.2, 0) is 0 Å². The van der Waals surface area contributed by atoms with Crippen LogP contribution in [0.1, 0.15) is 9.67 Å². The van der Waals surface area contributed by atoms with Crippen molar-refractivity contribution in [3.8, 4) is 0 Å². The minimum Gasteiger partial charge on any atom is -0.397 e. The molecule has 0 spiro atoms. The van der Waals surface area contributed by atoms with Gasteiger partial charge in [-0.15, -0.1) is 16.4 Å². The van der Waals surface area contributed by atoms with Crippen LogP contribution in [0.4, 0.5) is 5.69 Å². The van der Waals surface area contributed by atoms with E-state index in [0.29, 0.717) is 20.8 Å². The Kier molecular flexibility index (Phi) is 3.70. The van der Waals surface area contributed by atoms with Gasteiger partial charge < -0.3 is 21.3 Å². The Balaban J connectivity index is 2.30. The first-order valence-electron chi connectivity index (χ1n) is 5.19. The topological polar surface area (TPSA) is 121 Å². The molecule has 0 aliphatic heterocycles. The number of amides is 1. The van der Waals surface area contributed by atoms with Crippen LogP contribution in [-0.4, -0.2) is 45.6 Å². The fourth-order valence-corrected chi connectivity index (χ4v) is 2.38. The van der Waals surface area contributed by atoms with E-state index in [2.05, 4.69) is 15.5 Å². The third-order valence-corrected chi connectivity index (χ3v) is 3.51. The molecule has 18 heavy (non-hydrogen) atoms. The highest BCUT2D eigenvalue weighted by molar-refractivity contribution is 7.21. The number of rotatable bonds is 4. The first kappa shape index (κ1) is 12.7. The van der Waals surface area contributed by atoms with Crippen LogP contribution in [0.3, 0.4) is 0 Å². The molecule has 0 fully saturated rings. The van der Waals surface area contributed by atoms with E-state index in [1.165, 1.54) is 6.20 Å². The van der Waals surface area contributed by atoms with Gasteiger partial charge in [0, 0.05) is 5.39 Å². The summed E-state index contributed by atoms with van der Waals surface area (Å²) in [7, 11) is 0. The number of nitrogens with one attached hydrogen (secondary N) is 1. The largest absolute Gasteiger partial charge is 0.397 e. The van der Waals surface area contributed by atoms with Gasteiger partial charge in [-0.3, -0.25) is 4.79 Å². The minimum absolute atomic E-state index is 0.303. The molecule has 0 aliphatic rings. The second kappa shape index (κ2) is 5.25. The van der Waals surface area contributed by atoms with Gasteiger partial charge in [0.15, 0.2) is 0 Å². The molecule has 0 atom stereocenters. The molecule has 0 radical (unpaired) electrons. The van der Waals surface area contributed by atoms with Gasteiger partial charge in [0.05, 0.1) is 31.1 Å². The van der Waals surface area contributed by atoms with Gasteiger partial charge in [0.25, 0.3) is 5.91 Å². The van der Waals surface area contributed by atoms with Crippen LogP contribution in [0.25, 0.3) is 10.2 Å². The lowest BCUT2D eigenvalue weighted by atomic mass is 10.2. The number of aliphatic hydroxyl groups is 2. The summed E-state index contributed by atoms with van der Waals surface area (Å²) in [6.07, 6.45) is 1.50. The summed E-state index contributed by atoms with van der Waals surface area (Å²) in [5.74, 6) is -0.441. The molecule has 0 saturated heterocycles. The normalized spacial score (nSPS) is 11.1. The molecule has 8 heteroatoms. The number of carbonyl (C=O) groups excluding carboxylic acids is 1. The number of anilines is 1. The number of aromatic nitrogens is 2. The van der Waals surface area contributed by atoms with Crippen molar-refractivity contribution >= 4 is 33.1 Å². The molecule has 7 nitrogen and oxygen atoms in total. The van der Waals surface area contributed by atoms with E-state index in [4.69, 9.17) is 15.9 Å². The lowest BCUT2D eigenvalue weighted by molar-refractivity contribution is 0.0884. The Bertz CT molecular complexity index is 567. The van der Waals surface area contributed by atoms with Gasteiger partial charge in [0.1, 0.15) is 9.71 Å². The number of nitrogen functional groups attached to an aromatic ring is 1. The van der Waals surface area contributed by atoms with Crippen LogP contribution >= 0.6 is 11.3 Å². The lowest BCUT2D eigenvalue weighted by Gasteiger charge is -2.12. The van der Waals surface area contributed by atoms with Gasteiger partial charge in [-0.2, -0.15) is 5.10 Å². The standard InChI is InChI=1S/C10H12N4O3S/c11-7-6-1-2-12-14-10(6)18-8(7)9(17)13-5(3-15)4-16/h1-2,5,15-16H,3-4,11H2,(H,13,17). The number of nitrogens with two attached hydrogens (primary N) is 1. The maximum Gasteiger partial charge on any atom is 0.263 e. The maximum absolute atomic E-state index is 11.9. The van der Waals surface area contributed by atoms with Gasteiger partial charge in [0.2, 0.25) is 0 Å². The molecule has 0 unspecified atom stereocenters. The van der Waals surface area contributed by atoms with Crippen molar-refractivity contribution < 1.29 is 15.0 Å². The number of thiophene rings is 1. The molecular formula is C10H12N4O3S. The van der Waals surface area contributed by atoms with Crippen molar-refractivity contribution in [2.24, 2.45) is 0 Å². The van der Waals surface area contributed by atoms with Gasteiger partial charge in [-0.25, -0.2) is 0 Å². The zero-order valence-corrected chi connectivity index (χ0v) is 10.1. The van der Waals surface area contributed by atoms with Crippen molar-refractivity contribution in [3.63, 3.8) is 0 Å². The van der Waals surface area contributed by atoms with Crippen molar-refractivity contribution in [2.75, 3.05) is 18.9 Å². The third-order valence-electron chi connectivity index (χ3n) is 2.40. The molecule has 1 amide bonds. The Hall–Kier alpha value is -1.77. The lowest BCUT2D eigenvalue weighted by Crippen LogP contribution is -2.39. The zero-order valence-electron chi connectivity index (χ0n) is 9.33. The number of fused-ring (bicyclic) bond motifs is 1. The fraction of sp³-hybridized carbons (Fsp3) is 0.300. The highest BCUT2D eigenvalue weighted by Gasteiger charge is 2.19. The quantitative estimate of drug-likeness (QED) is 0.585. The summed E-state index contributed by atoms with van der Waals surface area (Å²) < 4.78 is 0. The highest BCUT2D eigenvalue weighted by atomic mass is 32.1. The van der Waals surface area contributed by atoms with E-state index < -0.39 is 11.9 Å². The van der Waals surface area contributed by atoms with Crippen LogP contribution in [0, 0.1) is 0 Å². The van der Waals surface area contributed by atoms with Crippen LogP contribution < -0.4 is 11.1 Å². The van der Waals surface area contributed by atoms with E-state index in [-0.39, 0.29) is 13.2 Å². The Morgan fingerprint density at radius 2 is 2.22 bits per heavy atom.